The van der Waals surface area contributed by atoms with Gasteiger partial charge in [-0.2, -0.15) is 0 Å². The predicted molar refractivity (Wildman–Crippen MR) is 62.2 cm³/mol. The molecule has 0 aromatic heterocycles. The van der Waals surface area contributed by atoms with Crippen molar-refractivity contribution in [2.45, 2.75) is 38.9 Å². The summed E-state index contributed by atoms with van der Waals surface area (Å²) in [6, 6.07) is 5.82. The molecule has 15 heavy (non-hydrogen) atoms. The van der Waals surface area contributed by atoms with E-state index in [1.165, 1.54) is 0 Å². The fourth-order valence-electron chi connectivity index (χ4n) is 1.42. The molecule has 0 fully saturated rings. The smallest absolute Gasteiger partial charge is 0.0799 e. The number of halogens is 1. The molecule has 0 aliphatic heterocycles. The van der Waals surface area contributed by atoms with Crippen molar-refractivity contribution in [2.24, 2.45) is 0 Å². The van der Waals surface area contributed by atoms with Gasteiger partial charge in [0.2, 0.25) is 0 Å². The van der Waals surface area contributed by atoms with E-state index in [2.05, 4.69) is 0 Å². The van der Waals surface area contributed by atoms with Crippen molar-refractivity contribution < 1.29 is 10.2 Å². The van der Waals surface area contributed by atoms with Crippen LogP contribution in [0.3, 0.4) is 0 Å². The van der Waals surface area contributed by atoms with Crippen molar-refractivity contribution in [3.8, 4) is 0 Å². The fourth-order valence-corrected chi connectivity index (χ4v) is 1.54. The number of aliphatic hydroxyl groups excluding tert-OH is 2. The van der Waals surface area contributed by atoms with Crippen LogP contribution >= 0.6 is 11.6 Å². The van der Waals surface area contributed by atoms with Crippen LogP contribution in [0.4, 0.5) is 0 Å². The standard InChI is InChI=1S/C12H17ClO2/c1-8-7-10(3-5-11(8)13)4-6-12(15)9(2)14/h3,5,7,9,12,14-15H,4,6H2,1-2H3. The highest BCUT2D eigenvalue weighted by Crippen LogP contribution is 2.17. The summed E-state index contributed by atoms with van der Waals surface area (Å²) in [5.74, 6) is 0. The number of hydrogen-bond acceptors (Lipinski definition) is 2. The van der Waals surface area contributed by atoms with E-state index in [1.54, 1.807) is 6.92 Å². The molecule has 0 aliphatic rings. The Labute approximate surface area is 95.5 Å². The molecule has 1 aromatic carbocycles. The molecule has 0 spiro atoms. The summed E-state index contributed by atoms with van der Waals surface area (Å²) in [5, 5.41) is 19.3. The van der Waals surface area contributed by atoms with E-state index in [4.69, 9.17) is 16.7 Å². The van der Waals surface area contributed by atoms with Gasteiger partial charge in [-0.1, -0.05) is 23.7 Å². The van der Waals surface area contributed by atoms with Crippen molar-refractivity contribution in [2.75, 3.05) is 0 Å². The van der Waals surface area contributed by atoms with E-state index >= 15 is 0 Å². The maximum Gasteiger partial charge on any atom is 0.0799 e. The third-order valence-electron chi connectivity index (χ3n) is 2.51. The lowest BCUT2D eigenvalue weighted by Gasteiger charge is -2.13. The molecule has 0 saturated heterocycles. The maximum absolute atomic E-state index is 9.44. The zero-order chi connectivity index (χ0) is 11.4. The average Bonchev–Trinajstić information content (AvgIpc) is 2.19. The summed E-state index contributed by atoms with van der Waals surface area (Å²) >= 11 is 5.90. The monoisotopic (exact) mass is 228 g/mol. The van der Waals surface area contributed by atoms with E-state index in [0.717, 1.165) is 22.6 Å². The van der Waals surface area contributed by atoms with E-state index in [-0.39, 0.29) is 0 Å². The SMILES string of the molecule is Cc1cc(CCC(O)C(C)O)ccc1Cl. The van der Waals surface area contributed by atoms with Crippen LogP contribution in [0, 0.1) is 6.92 Å². The van der Waals surface area contributed by atoms with Crippen molar-refractivity contribution in [3.63, 3.8) is 0 Å². The van der Waals surface area contributed by atoms with E-state index in [9.17, 15) is 5.11 Å². The van der Waals surface area contributed by atoms with Crippen LogP contribution in [-0.2, 0) is 6.42 Å². The number of aliphatic hydroxyl groups is 2. The Morgan fingerprint density at radius 2 is 2.00 bits per heavy atom. The van der Waals surface area contributed by atoms with Crippen LogP contribution in [0.1, 0.15) is 24.5 Å². The zero-order valence-corrected chi connectivity index (χ0v) is 9.83. The molecule has 0 heterocycles. The van der Waals surface area contributed by atoms with Crippen molar-refractivity contribution >= 4 is 11.6 Å². The van der Waals surface area contributed by atoms with Gasteiger partial charge in [0.1, 0.15) is 0 Å². The van der Waals surface area contributed by atoms with Gasteiger partial charge in [-0.05, 0) is 43.9 Å². The lowest BCUT2D eigenvalue weighted by atomic mass is 10.0. The van der Waals surface area contributed by atoms with Gasteiger partial charge in [0.05, 0.1) is 12.2 Å². The summed E-state index contributed by atoms with van der Waals surface area (Å²) in [4.78, 5) is 0. The number of benzene rings is 1. The summed E-state index contributed by atoms with van der Waals surface area (Å²) < 4.78 is 0. The Kier molecular flexibility index (Phi) is 4.58. The average molecular weight is 229 g/mol. The molecule has 2 nitrogen and oxygen atoms in total. The Morgan fingerprint density at radius 3 is 2.53 bits per heavy atom. The van der Waals surface area contributed by atoms with Crippen LogP contribution in [0.2, 0.25) is 5.02 Å². The first-order valence-corrected chi connectivity index (χ1v) is 5.49. The highest BCUT2D eigenvalue weighted by Gasteiger charge is 2.10. The van der Waals surface area contributed by atoms with Gasteiger partial charge in [-0.15, -0.1) is 0 Å². The summed E-state index contributed by atoms with van der Waals surface area (Å²) in [6.45, 7) is 3.55. The first-order chi connectivity index (χ1) is 7.00. The topological polar surface area (TPSA) is 40.5 Å². The Bertz CT molecular complexity index is 323. The minimum absolute atomic E-state index is 0.568. The number of hydrogen-bond donors (Lipinski definition) is 2. The maximum atomic E-state index is 9.44. The van der Waals surface area contributed by atoms with Gasteiger partial charge >= 0.3 is 0 Å². The summed E-state index contributed by atoms with van der Waals surface area (Å²) in [5.41, 5.74) is 2.18. The first kappa shape index (κ1) is 12.5. The van der Waals surface area contributed by atoms with E-state index < -0.39 is 12.2 Å². The molecule has 0 aliphatic carbocycles. The summed E-state index contributed by atoms with van der Waals surface area (Å²) in [6.07, 6.45) is 0.00222. The fraction of sp³-hybridized carbons (Fsp3) is 0.500. The van der Waals surface area contributed by atoms with E-state index in [1.807, 2.05) is 25.1 Å². The van der Waals surface area contributed by atoms with Crippen LogP contribution in [-0.4, -0.2) is 22.4 Å². The molecule has 0 amide bonds. The minimum Gasteiger partial charge on any atom is -0.391 e. The van der Waals surface area contributed by atoms with Crippen molar-refractivity contribution in [1.29, 1.82) is 0 Å². The molecule has 1 rings (SSSR count). The zero-order valence-electron chi connectivity index (χ0n) is 9.07. The number of aryl methyl sites for hydroxylation is 2. The Hall–Kier alpha value is -0.570. The minimum atomic E-state index is -0.668. The lowest BCUT2D eigenvalue weighted by Crippen LogP contribution is -2.22. The van der Waals surface area contributed by atoms with Crippen molar-refractivity contribution in [1.82, 2.24) is 0 Å². The van der Waals surface area contributed by atoms with Gasteiger partial charge in [-0.3, -0.25) is 0 Å². The molecule has 2 unspecified atom stereocenters. The molecule has 0 bridgehead atoms. The van der Waals surface area contributed by atoms with Crippen LogP contribution in [0.15, 0.2) is 18.2 Å². The molecule has 3 heteroatoms. The normalized spacial score (nSPS) is 15.0. The van der Waals surface area contributed by atoms with Crippen LogP contribution in [0.5, 0.6) is 0 Å². The predicted octanol–water partition coefficient (Wildman–Crippen LogP) is 2.32. The third kappa shape index (κ3) is 3.82. The van der Waals surface area contributed by atoms with E-state index in [0.29, 0.717) is 6.42 Å². The second-order valence-corrected chi connectivity index (χ2v) is 4.34. The van der Waals surface area contributed by atoms with Gasteiger partial charge in [-0.25, -0.2) is 0 Å². The number of rotatable bonds is 4. The highest BCUT2D eigenvalue weighted by molar-refractivity contribution is 6.31. The molecular formula is C12H17ClO2. The van der Waals surface area contributed by atoms with Gasteiger partial charge < -0.3 is 10.2 Å². The second-order valence-electron chi connectivity index (χ2n) is 3.93. The van der Waals surface area contributed by atoms with Gasteiger partial charge in [0, 0.05) is 5.02 Å². The molecule has 0 saturated carbocycles. The first-order valence-electron chi connectivity index (χ1n) is 5.12. The largest absolute Gasteiger partial charge is 0.391 e. The third-order valence-corrected chi connectivity index (χ3v) is 2.93. The molecule has 2 N–H and O–H groups in total. The van der Waals surface area contributed by atoms with Crippen LogP contribution in [0.25, 0.3) is 0 Å². The molecular weight excluding hydrogens is 212 g/mol. The van der Waals surface area contributed by atoms with Crippen LogP contribution < -0.4 is 0 Å². The highest BCUT2D eigenvalue weighted by atomic mass is 35.5. The second kappa shape index (κ2) is 5.50. The Balaban J connectivity index is 2.55. The Morgan fingerprint density at radius 1 is 1.33 bits per heavy atom. The quantitative estimate of drug-likeness (QED) is 0.831. The molecule has 84 valence electrons. The molecule has 0 radical (unpaired) electrons. The molecule has 2 atom stereocenters. The van der Waals surface area contributed by atoms with Crippen molar-refractivity contribution in [3.05, 3.63) is 34.3 Å². The summed E-state index contributed by atoms with van der Waals surface area (Å²) in [7, 11) is 0. The van der Waals surface area contributed by atoms with Gasteiger partial charge in [0.15, 0.2) is 0 Å². The molecule has 1 aromatic rings. The lowest BCUT2D eigenvalue weighted by molar-refractivity contribution is 0.0265. The van der Waals surface area contributed by atoms with Gasteiger partial charge in [0.25, 0.3) is 0 Å².